The van der Waals surface area contributed by atoms with Gasteiger partial charge in [0.1, 0.15) is 0 Å². The number of hydrogen-bond donors (Lipinski definition) is 3. The van der Waals surface area contributed by atoms with Gasteiger partial charge in [0.05, 0.1) is 31.2 Å². The quantitative estimate of drug-likeness (QED) is 0.213. The Labute approximate surface area is 267 Å². The Kier molecular flexibility index (Phi) is 9.94. The van der Waals surface area contributed by atoms with E-state index in [0.29, 0.717) is 26.0 Å². The molecule has 3 aromatic heterocycles. The molecule has 45 heavy (non-hydrogen) atoms. The third-order valence-corrected chi connectivity index (χ3v) is 9.81. The minimum atomic E-state index is -0.0179. The zero-order valence-corrected chi connectivity index (χ0v) is 28.2. The minimum Gasteiger partial charge on any atom is -0.394 e. The molecule has 2 atom stereocenters. The van der Waals surface area contributed by atoms with Gasteiger partial charge in [0.15, 0.2) is 0 Å². The van der Waals surface area contributed by atoms with Crippen molar-refractivity contribution in [3.8, 4) is 0 Å². The second kappa shape index (κ2) is 13.7. The van der Waals surface area contributed by atoms with E-state index in [-0.39, 0.29) is 31.0 Å². The molecule has 5 heterocycles. The van der Waals surface area contributed by atoms with E-state index in [1.165, 1.54) is 22.3 Å². The van der Waals surface area contributed by atoms with Crippen molar-refractivity contribution in [3.05, 3.63) is 68.8 Å². The van der Waals surface area contributed by atoms with Gasteiger partial charge in [-0.1, -0.05) is 20.8 Å². The molecule has 240 valence electrons. The first-order valence-corrected chi connectivity index (χ1v) is 16.4. The highest BCUT2D eigenvalue weighted by Gasteiger charge is 2.31. The molecule has 3 N–H and O–H groups in total. The van der Waals surface area contributed by atoms with Crippen molar-refractivity contribution in [2.45, 2.75) is 86.0 Å². The highest BCUT2D eigenvalue weighted by atomic mass is 16.5. The monoisotopic (exact) mass is 611 g/mol. The third-order valence-electron chi connectivity index (χ3n) is 9.81. The van der Waals surface area contributed by atoms with Crippen LogP contribution in [0.5, 0.6) is 0 Å². The van der Waals surface area contributed by atoms with Gasteiger partial charge < -0.3 is 24.7 Å². The number of aliphatic hydroxyl groups excluding tert-OH is 1. The predicted molar refractivity (Wildman–Crippen MR) is 183 cm³/mol. The zero-order valence-electron chi connectivity index (χ0n) is 28.2. The Morgan fingerprint density at radius 3 is 2.20 bits per heavy atom. The molecule has 0 unspecified atom stereocenters. The van der Waals surface area contributed by atoms with Crippen LogP contribution in [0.1, 0.15) is 103 Å². The molecule has 8 nitrogen and oxygen atoms in total. The Morgan fingerprint density at radius 2 is 1.56 bits per heavy atom. The van der Waals surface area contributed by atoms with E-state index in [1.54, 1.807) is 4.90 Å². The second-order valence-electron chi connectivity index (χ2n) is 12.6. The van der Waals surface area contributed by atoms with E-state index in [0.717, 1.165) is 68.8 Å². The molecule has 0 aliphatic carbocycles. The van der Waals surface area contributed by atoms with Crippen LogP contribution in [0.4, 0.5) is 0 Å². The molecule has 0 saturated heterocycles. The molecule has 0 aromatic carbocycles. The summed E-state index contributed by atoms with van der Waals surface area (Å²) < 4.78 is 5.37. The number of hydrogen-bond acceptors (Lipinski definition) is 5. The number of ether oxygens (including phenoxy) is 1. The van der Waals surface area contributed by atoms with Gasteiger partial charge in [-0.15, -0.1) is 0 Å². The molecule has 2 aliphatic heterocycles. The van der Waals surface area contributed by atoms with E-state index in [2.05, 4.69) is 82.7 Å². The number of allylic oxidation sites excluding steroid dienone is 1. The lowest BCUT2D eigenvalue weighted by Crippen LogP contribution is -2.30. The van der Waals surface area contributed by atoms with Gasteiger partial charge in [0.25, 0.3) is 0 Å². The SMILES string of the molecule is CCc1c(C)c2cc3[nH]c(cc4nc(c(C)c5nc(cc1[nH]2)C(C)=C5)[C@@H](CCC(=O)N(C)CCOCCO)[C@@H]4C)c(C)c3CC. The molecule has 1 amide bonds. The van der Waals surface area contributed by atoms with Crippen molar-refractivity contribution in [1.29, 1.82) is 0 Å². The summed E-state index contributed by atoms with van der Waals surface area (Å²) in [5.41, 5.74) is 15.7. The van der Waals surface area contributed by atoms with Gasteiger partial charge in [-0.2, -0.15) is 0 Å². The summed E-state index contributed by atoms with van der Waals surface area (Å²) in [6.45, 7) is 16.5. The lowest BCUT2D eigenvalue weighted by molar-refractivity contribution is -0.130. The fraction of sp³-hybridized carbons (Fsp3) is 0.486. The first kappa shape index (κ1) is 32.6. The highest BCUT2D eigenvalue weighted by Crippen LogP contribution is 2.42. The number of aliphatic hydroxyl groups is 1. The van der Waals surface area contributed by atoms with Crippen LogP contribution in [0.3, 0.4) is 0 Å². The van der Waals surface area contributed by atoms with Crippen LogP contribution >= 0.6 is 0 Å². The normalized spacial score (nSPS) is 16.2. The molecule has 5 rings (SSSR count). The summed E-state index contributed by atoms with van der Waals surface area (Å²) in [6, 6.07) is 6.66. The number of aromatic nitrogens is 4. The van der Waals surface area contributed by atoms with Gasteiger partial charge in [-0.3, -0.25) is 9.78 Å². The van der Waals surface area contributed by atoms with Gasteiger partial charge in [0.2, 0.25) is 5.91 Å². The number of aryl methyl sites for hydroxylation is 4. The number of amides is 1. The van der Waals surface area contributed by atoms with Crippen LogP contribution in [0.15, 0.2) is 18.2 Å². The molecular weight excluding hydrogens is 562 g/mol. The number of carbonyl (C=O) groups excluding carboxylic acids is 1. The van der Waals surface area contributed by atoms with Gasteiger partial charge in [-0.25, -0.2) is 4.98 Å². The first-order valence-electron chi connectivity index (χ1n) is 16.4. The summed E-state index contributed by atoms with van der Waals surface area (Å²) in [5.74, 6) is 0.312. The predicted octanol–water partition coefficient (Wildman–Crippen LogP) is 7.06. The lowest BCUT2D eigenvalue weighted by Gasteiger charge is -2.20. The maximum absolute atomic E-state index is 13.1. The second-order valence-corrected chi connectivity index (χ2v) is 12.6. The van der Waals surface area contributed by atoms with Gasteiger partial charge >= 0.3 is 0 Å². The van der Waals surface area contributed by atoms with Crippen molar-refractivity contribution in [2.24, 2.45) is 0 Å². The summed E-state index contributed by atoms with van der Waals surface area (Å²) in [5, 5.41) is 8.95. The zero-order chi connectivity index (χ0) is 32.4. The van der Waals surface area contributed by atoms with Crippen molar-refractivity contribution in [3.63, 3.8) is 0 Å². The number of carbonyl (C=O) groups is 1. The van der Waals surface area contributed by atoms with Crippen molar-refractivity contribution < 1.29 is 14.6 Å². The Morgan fingerprint density at radius 1 is 0.911 bits per heavy atom. The van der Waals surface area contributed by atoms with Crippen LogP contribution < -0.4 is 0 Å². The van der Waals surface area contributed by atoms with Crippen LogP contribution in [0.25, 0.3) is 33.7 Å². The molecular formula is C37H49N5O3. The van der Waals surface area contributed by atoms with E-state index in [1.807, 2.05) is 7.05 Å². The molecule has 0 radical (unpaired) electrons. The average molecular weight is 612 g/mol. The smallest absolute Gasteiger partial charge is 0.222 e. The maximum Gasteiger partial charge on any atom is 0.222 e. The van der Waals surface area contributed by atoms with E-state index in [4.69, 9.17) is 19.8 Å². The summed E-state index contributed by atoms with van der Waals surface area (Å²) >= 11 is 0. The highest BCUT2D eigenvalue weighted by molar-refractivity contribution is 5.85. The Bertz CT molecular complexity index is 1780. The third kappa shape index (κ3) is 6.49. The molecule has 2 aliphatic rings. The number of nitrogens with one attached hydrogen (secondary N) is 2. The largest absolute Gasteiger partial charge is 0.394 e. The molecule has 0 saturated carbocycles. The number of aromatic amines is 2. The summed E-state index contributed by atoms with van der Waals surface area (Å²) in [4.78, 5) is 32.7. The van der Waals surface area contributed by atoms with Crippen molar-refractivity contribution in [1.82, 2.24) is 24.8 Å². The van der Waals surface area contributed by atoms with E-state index >= 15 is 0 Å². The summed E-state index contributed by atoms with van der Waals surface area (Å²) in [7, 11) is 1.81. The first-order chi connectivity index (χ1) is 21.6. The van der Waals surface area contributed by atoms with Crippen LogP contribution in [-0.4, -0.2) is 69.3 Å². The molecule has 0 fully saturated rings. The molecule has 8 bridgehead atoms. The number of fused-ring (bicyclic) bond motifs is 8. The average Bonchev–Trinajstić information content (AvgIpc) is 3.72. The van der Waals surface area contributed by atoms with Crippen LogP contribution in [-0.2, 0) is 22.4 Å². The van der Waals surface area contributed by atoms with Gasteiger partial charge in [-0.05, 0) is 105 Å². The van der Waals surface area contributed by atoms with Crippen LogP contribution in [0.2, 0.25) is 0 Å². The number of rotatable bonds is 10. The topological polar surface area (TPSA) is 107 Å². The number of likely N-dealkylation sites (N-methyl/N-ethyl adjacent to an activating group) is 1. The standard InChI is InChI=1S/C37H49N5O3/c1-9-26-23(5)32-20-35-27(10-2)22(4)31(39-35)19-33-24(6)28(11-12-36(44)42(8)13-15-45-16-14-43)37(41-33)25(7)30-17-21(3)29(38-30)18-34(26)40-32/h17-20,24,28,39-40,43H,9-16H2,1-8H3/t24-,28-/m0/s1. The Balaban J connectivity index is 1.67. The molecule has 8 heteroatoms. The minimum absolute atomic E-state index is 0.0179. The van der Waals surface area contributed by atoms with E-state index < -0.39 is 0 Å². The van der Waals surface area contributed by atoms with Crippen molar-refractivity contribution in [2.75, 3.05) is 33.4 Å². The molecule has 3 aromatic rings. The van der Waals surface area contributed by atoms with E-state index in [9.17, 15) is 4.79 Å². The fourth-order valence-electron chi connectivity index (χ4n) is 6.87. The number of nitrogens with zero attached hydrogens (tertiary/aromatic N) is 3. The Hall–Kier alpha value is -3.75. The van der Waals surface area contributed by atoms with Crippen molar-refractivity contribution >= 4 is 39.6 Å². The lowest BCUT2D eigenvalue weighted by atomic mass is 9.85. The summed E-state index contributed by atoms with van der Waals surface area (Å²) in [6.07, 6.45) is 5.14. The van der Waals surface area contributed by atoms with Crippen LogP contribution in [0, 0.1) is 20.8 Å². The fourth-order valence-corrected chi connectivity index (χ4v) is 6.87. The maximum atomic E-state index is 13.1. The number of H-pyrrole nitrogens is 2. The van der Waals surface area contributed by atoms with Gasteiger partial charge in [0, 0.05) is 65.3 Å². The molecule has 0 spiro atoms.